The number of carbonyl (C=O) groups excluding carboxylic acids is 1. The fraction of sp³-hybridized carbons (Fsp3) is 0.438. The van der Waals surface area contributed by atoms with Gasteiger partial charge >= 0.3 is 0 Å². The molecular formula is C16H21NO3. The van der Waals surface area contributed by atoms with Gasteiger partial charge in [0.05, 0.1) is 0 Å². The average Bonchev–Trinajstić information content (AvgIpc) is 2.82. The molecule has 0 saturated carbocycles. The minimum absolute atomic E-state index is 0.0335. The number of nitrogens with zero attached hydrogens (tertiary/aromatic N) is 1. The van der Waals surface area contributed by atoms with Gasteiger partial charge in [0.25, 0.3) is 5.91 Å². The smallest absolute Gasteiger partial charge is 0.253 e. The summed E-state index contributed by atoms with van der Waals surface area (Å²) in [5.41, 5.74) is 1.49. The summed E-state index contributed by atoms with van der Waals surface area (Å²) in [5.74, 6) is 0.881. The van der Waals surface area contributed by atoms with Crippen LogP contribution >= 0.6 is 0 Å². The molecule has 0 aliphatic rings. The van der Waals surface area contributed by atoms with Gasteiger partial charge in [0.15, 0.2) is 0 Å². The lowest BCUT2D eigenvalue weighted by Gasteiger charge is -2.20. The highest BCUT2D eigenvalue weighted by molar-refractivity contribution is 5.97. The van der Waals surface area contributed by atoms with Crippen molar-refractivity contribution < 1.29 is 14.3 Å². The zero-order chi connectivity index (χ0) is 14.5. The number of unbranched alkanes of at least 4 members (excludes halogenated alkanes) is 1. The van der Waals surface area contributed by atoms with Crippen LogP contribution in [0.1, 0.15) is 35.9 Å². The molecule has 0 unspecified atom stereocenters. The molecule has 0 spiro atoms. The maximum absolute atomic E-state index is 12.5. The molecule has 0 saturated heterocycles. The summed E-state index contributed by atoms with van der Waals surface area (Å²) in [4.78, 5) is 14.3. The van der Waals surface area contributed by atoms with Gasteiger partial charge in [0.2, 0.25) is 0 Å². The van der Waals surface area contributed by atoms with Gasteiger partial charge in [-0.15, -0.1) is 0 Å². The number of benzene rings is 1. The Balaban J connectivity index is 2.15. The van der Waals surface area contributed by atoms with Gasteiger partial charge < -0.3 is 14.4 Å². The van der Waals surface area contributed by atoms with Crippen LogP contribution in [0.4, 0.5) is 0 Å². The molecule has 4 heteroatoms. The number of aliphatic hydroxyl groups is 1. The van der Waals surface area contributed by atoms with Crippen molar-refractivity contribution in [2.24, 2.45) is 0 Å². The molecule has 2 rings (SSSR count). The first-order valence-electron chi connectivity index (χ1n) is 7.06. The monoisotopic (exact) mass is 275 g/mol. The zero-order valence-electron chi connectivity index (χ0n) is 12.1. The number of furan rings is 1. The number of aryl methyl sites for hydroxylation is 1. The highest BCUT2D eigenvalue weighted by Gasteiger charge is 2.14. The number of aliphatic hydroxyl groups excluding tert-OH is 1. The van der Waals surface area contributed by atoms with Crippen molar-refractivity contribution >= 4 is 16.9 Å². The second-order valence-electron chi connectivity index (χ2n) is 4.93. The third-order valence-corrected chi connectivity index (χ3v) is 3.39. The molecule has 1 heterocycles. The van der Waals surface area contributed by atoms with E-state index in [0.717, 1.165) is 29.6 Å². The third kappa shape index (κ3) is 3.20. The van der Waals surface area contributed by atoms with E-state index in [9.17, 15) is 4.79 Å². The van der Waals surface area contributed by atoms with Crippen LogP contribution < -0.4 is 0 Å². The first kappa shape index (κ1) is 14.6. The third-order valence-electron chi connectivity index (χ3n) is 3.39. The molecule has 0 aliphatic carbocycles. The van der Waals surface area contributed by atoms with Crippen molar-refractivity contribution in [1.82, 2.24) is 4.90 Å². The molecule has 0 aliphatic heterocycles. The van der Waals surface area contributed by atoms with Crippen LogP contribution in [0, 0.1) is 6.92 Å². The number of carbonyl (C=O) groups is 1. The minimum Gasteiger partial charge on any atom is -0.461 e. The number of hydrogen-bond acceptors (Lipinski definition) is 3. The summed E-state index contributed by atoms with van der Waals surface area (Å²) in [6, 6.07) is 7.47. The van der Waals surface area contributed by atoms with Crippen LogP contribution in [-0.4, -0.2) is 35.6 Å². The summed E-state index contributed by atoms with van der Waals surface area (Å²) in [5, 5.41) is 9.77. The van der Waals surface area contributed by atoms with Gasteiger partial charge in [0, 0.05) is 30.6 Å². The van der Waals surface area contributed by atoms with Gasteiger partial charge in [-0.1, -0.05) is 0 Å². The van der Waals surface area contributed by atoms with Crippen LogP contribution in [-0.2, 0) is 0 Å². The molecule has 1 amide bonds. The van der Waals surface area contributed by atoms with Crippen LogP contribution in [0.2, 0.25) is 0 Å². The zero-order valence-corrected chi connectivity index (χ0v) is 12.1. The van der Waals surface area contributed by atoms with Crippen molar-refractivity contribution in [2.45, 2.75) is 26.7 Å². The van der Waals surface area contributed by atoms with Crippen molar-refractivity contribution in [3.63, 3.8) is 0 Å². The molecule has 1 N–H and O–H groups in total. The van der Waals surface area contributed by atoms with Gasteiger partial charge in [-0.3, -0.25) is 4.79 Å². The molecule has 1 aromatic heterocycles. The van der Waals surface area contributed by atoms with E-state index in [1.807, 2.05) is 43.0 Å². The molecule has 0 radical (unpaired) electrons. The Kier molecular flexibility index (Phi) is 4.79. The molecule has 0 atom stereocenters. The minimum atomic E-state index is 0.0335. The Labute approximate surface area is 119 Å². The SMILES string of the molecule is CCN(CCCCO)C(=O)c1ccc2oc(C)cc2c1. The molecule has 0 fully saturated rings. The van der Waals surface area contributed by atoms with Crippen LogP contribution in [0.5, 0.6) is 0 Å². The predicted molar refractivity (Wildman–Crippen MR) is 78.8 cm³/mol. The molecule has 2 aromatic rings. The molecule has 0 bridgehead atoms. The molecular weight excluding hydrogens is 254 g/mol. The second kappa shape index (κ2) is 6.57. The van der Waals surface area contributed by atoms with Crippen molar-refractivity contribution in [1.29, 1.82) is 0 Å². The van der Waals surface area contributed by atoms with E-state index in [1.165, 1.54) is 0 Å². The first-order chi connectivity index (χ1) is 9.65. The summed E-state index contributed by atoms with van der Waals surface area (Å²) < 4.78 is 5.52. The second-order valence-corrected chi connectivity index (χ2v) is 4.93. The number of rotatable bonds is 6. The van der Waals surface area contributed by atoms with E-state index in [4.69, 9.17) is 9.52 Å². The standard InChI is InChI=1S/C16H21NO3/c1-3-17(8-4-5-9-18)16(19)13-6-7-15-14(11-13)10-12(2)20-15/h6-7,10-11,18H,3-5,8-9H2,1-2H3. The Morgan fingerprint density at radius 1 is 1.30 bits per heavy atom. The quantitative estimate of drug-likeness (QED) is 0.825. The lowest BCUT2D eigenvalue weighted by Crippen LogP contribution is -2.31. The van der Waals surface area contributed by atoms with E-state index in [-0.39, 0.29) is 12.5 Å². The van der Waals surface area contributed by atoms with Gasteiger partial charge in [-0.2, -0.15) is 0 Å². The van der Waals surface area contributed by atoms with Crippen molar-refractivity contribution in [3.8, 4) is 0 Å². The maximum Gasteiger partial charge on any atom is 0.253 e. The molecule has 20 heavy (non-hydrogen) atoms. The van der Waals surface area contributed by atoms with Crippen molar-refractivity contribution in [3.05, 3.63) is 35.6 Å². The first-order valence-corrected chi connectivity index (χ1v) is 7.06. The van der Waals surface area contributed by atoms with Gasteiger partial charge in [0.1, 0.15) is 11.3 Å². The van der Waals surface area contributed by atoms with E-state index >= 15 is 0 Å². The number of fused-ring (bicyclic) bond motifs is 1. The summed E-state index contributed by atoms with van der Waals surface area (Å²) in [6.07, 6.45) is 1.55. The summed E-state index contributed by atoms with van der Waals surface area (Å²) in [7, 11) is 0. The largest absolute Gasteiger partial charge is 0.461 e. The lowest BCUT2D eigenvalue weighted by atomic mass is 10.1. The van der Waals surface area contributed by atoms with Crippen LogP contribution in [0.15, 0.2) is 28.7 Å². The molecule has 1 aromatic carbocycles. The number of hydrogen-bond donors (Lipinski definition) is 1. The Morgan fingerprint density at radius 3 is 2.80 bits per heavy atom. The predicted octanol–water partition coefficient (Wildman–Crippen LogP) is 2.98. The summed E-state index contributed by atoms with van der Waals surface area (Å²) in [6.45, 7) is 5.39. The van der Waals surface area contributed by atoms with Crippen molar-refractivity contribution in [2.75, 3.05) is 19.7 Å². The van der Waals surface area contributed by atoms with E-state index in [1.54, 1.807) is 0 Å². The fourth-order valence-corrected chi connectivity index (χ4v) is 2.31. The fourth-order valence-electron chi connectivity index (χ4n) is 2.31. The topological polar surface area (TPSA) is 53.7 Å². The van der Waals surface area contributed by atoms with Gasteiger partial charge in [-0.25, -0.2) is 0 Å². The summed E-state index contributed by atoms with van der Waals surface area (Å²) >= 11 is 0. The maximum atomic E-state index is 12.5. The average molecular weight is 275 g/mol. The molecule has 108 valence electrons. The number of amides is 1. The van der Waals surface area contributed by atoms with Crippen LogP contribution in [0.25, 0.3) is 11.0 Å². The molecule has 4 nitrogen and oxygen atoms in total. The Bertz CT molecular complexity index is 588. The lowest BCUT2D eigenvalue weighted by molar-refractivity contribution is 0.0759. The Morgan fingerprint density at radius 2 is 2.10 bits per heavy atom. The van der Waals surface area contributed by atoms with E-state index in [2.05, 4.69) is 0 Å². The Hall–Kier alpha value is -1.81. The normalized spacial score (nSPS) is 10.9. The highest BCUT2D eigenvalue weighted by atomic mass is 16.3. The van der Waals surface area contributed by atoms with Crippen LogP contribution in [0.3, 0.4) is 0 Å². The van der Waals surface area contributed by atoms with E-state index in [0.29, 0.717) is 18.7 Å². The highest BCUT2D eigenvalue weighted by Crippen LogP contribution is 2.21. The van der Waals surface area contributed by atoms with E-state index < -0.39 is 0 Å². The van der Waals surface area contributed by atoms with Gasteiger partial charge in [-0.05, 0) is 51.0 Å².